The molecule has 0 unspecified atom stereocenters. The number of methoxy groups -OCH3 is 1. The Bertz CT molecular complexity index is 693. The molecule has 21 heavy (non-hydrogen) atoms. The van der Waals surface area contributed by atoms with E-state index in [2.05, 4.69) is 15.9 Å². The Kier molecular flexibility index (Phi) is 5.04. The zero-order valence-corrected chi connectivity index (χ0v) is 13.5. The SMILES string of the molecule is COc1cc(/C=C/C(=O)c2ccc(Cl)cc2)c(Br)cc1O. The summed E-state index contributed by atoms with van der Waals surface area (Å²) >= 11 is 9.12. The molecule has 0 aliphatic rings. The Labute approximate surface area is 135 Å². The lowest BCUT2D eigenvalue weighted by Gasteiger charge is -2.06. The molecule has 0 amide bonds. The van der Waals surface area contributed by atoms with Crippen molar-refractivity contribution < 1.29 is 14.6 Å². The van der Waals surface area contributed by atoms with Crippen LogP contribution in [0.1, 0.15) is 15.9 Å². The number of ketones is 1. The van der Waals surface area contributed by atoms with Gasteiger partial charge in [-0.25, -0.2) is 0 Å². The molecule has 0 aliphatic carbocycles. The zero-order valence-electron chi connectivity index (χ0n) is 11.1. The van der Waals surface area contributed by atoms with E-state index in [0.717, 1.165) is 5.56 Å². The minimum Gasteiger partial charge on any atom is -0.504 e. The van der Waals surface area contributed by atoms with Crippen LogP contribution in [0.3, 0.4) is 0 Å². The van der Waals surface area contributed by atoms with Crippen LogP contribution in [-0.2, 0) is 0 Å². The summed E-state index contributed by atoms with van der Waals surface area (Å²) in [5.74, 6) is 0.243. The fourth-order valence-electron chi connectivity index (χ4n) is 1.73. The van der Waals surface area contributed by atoms with Gasteiger partial charge in [0, 0.05) is 15.1 Å². The molecular formula is C16H12BrClO3. The number of hydrogen-bond acceptors (Lipinski definition) is 3. The van der Waals surface area contributed by atoms with Crippen LogP contribution in [0.15, 0.2) is 46.9 Å². The summed E-state index contributed by atoms with van der Waals surface area (Å²) in [6.45, 7) is 0. The highest BCUT2D eigenvalue weighted by atomic mass is 79.9. The van der Waals surface area contributed by atoms with Crippen LogP contribution in [0.2, 0.25) is 5.02 Å². The van der Waals surface area contributed by atoms with Crippen LogP contribution < -0.4 is 4.74 Å². The molecule has 2 aromatic carbocycles. The van der Waals surface area contributed by atoms with Gasteiger partial charge in [0.2, 0.25) is 0 Å². The molecule has 0 aromatic heterocycles. The number of rotatable bonds is 4. The highest BCUT2D eigenvalue weighted by Crippen LogP contribution is 2.33. The Morgan fingerprint density at radius 2 is 1.95 bits per heavy atom. The second kappa shape index (κ2) is 6.78. The van der Waals surface area contributed by atoms with E-state index >= 15 is 0 Å². The number of halogens is 2. The van der Waals surface area contributed by atoms with Crippen molar-refractivity contribution in [1.82, 2.24) is 0 Å². The van der Waals surface area contributed by atoms with E-state index in [-0.39, 0.29) is 11.5 Å². The van der Waals surface area contributed by atoms with Crippen molar-refractivity contribution >= 4 is 39.4 Å². The molecule has 0 saturated heterocycles. The molecule has 5 heteroatoms. The van der Waals surface area contributed by atoms with Gasteiger partial charge in [-0.2, -0.15) is 0 Å². The van der Waals surface area contributed by atoms with E-state index in [1.165, 1.54) is 19.3 Å². The Morgan fingerprint density at radius 3 is 2.57 bits per heavy atom. The van der Waals surface area contributed by atoms with E-state index < -0.39 is 0 Å². The summed E-state index contributed by atoms with van der Waals surface area (Å²) in [4.78, 5) is 12.0. The molecule has 108 valence electrons. The maximum absolute atomic E-state index is 12.0. The zero-order chi connectivity index (χ0) is 15.4. The average Bonchev–Trinajstić information content (AvgIpc) is 2.47. The van der Waals surface area contributed by atoms with Crippen LogP contribution in [-0.4, -0.2) is 18.0 Å². The first-order chi connectivity index (χ1) is 10.0. The number of carbonyl (C=O) groups is 1. The highest BCUT2D eigenvalue weighted by Gasteiger charge is 2.07. The van der Waals surface area contributed by atoms with E-state index in [4.69, 9.17) is 16.3 Å². The molecule has 1 N–H and O–H groups in total. The van der Waals surface area contributed by atoms with Gasteiger partial charge in [-0.3, -0.25) is 4.79 Å². The lowest BCUT2D eigenvalue weighted by Crippen LogP contribution is -1.93. The van der Waals surface area contributed by atoms with Gasteiger partial charge < -0.3 is 9.84 Å². The Morgan fingerprint density at radius 1 is 1.29 bits per heavy atom. The number of benzene rings is 2. The van der Waals surface area contributed by atoms with Crippen molar-refractivity contribution in [2.45, 2.75) is 0 Å². The number of carbonyl (C=O) groups excluding carboxylic acids is 1. The monoisotopic (exact) mass is 366 g/mol. The smallest absolute Gasteiger partial charge is 0.185 e. The summed E-state index contributed by atoms with van der Waals surface area (Å²) in [6.07, 6.45) is 3.11. The molecule has 0 saturated carbocycles. The number of ether oxygens (including phenoxy) is 1. The first kappa shape index (κ1) is 15.6. The summed E-state index contributed by atoms with van der Waals surface area (Å²) in [5, 5.41) is 10.2. The third-order valence-corrected chi connectivity index (χ3v) is 3.78. The molecule has 2 rings (SSSR count). The number of allylic oxidation sites excluding steroid dienone is 1. The standard InChI is InChI=1S/C16H12BrClO3/c1-21-16-8-11(13(17)9-15(16)20)4-7-14(19)10-2-5-12(18)6-3-10/h2-9,20H,1H3/b7-4+. The molecule has 0 heterocycles. The second-order valence-electron chi connectivity index (χ2n) is 4.25. The maximum Gasteiger partial charge on any atom is 0.185 e. The van der Waals surface area contributed by atoms with Crippen molar-refractivity contribution in [2.24, 2.45) is 0 Å². The molecular weight excluding hydrogens is 356 g/mol. The summed E-state index contributed by atoms with van der Waals surface area (Å²) < 4.78 is 5.71. The fraction of sp³-hybridized carbons (Fsp3) is 0.0625. The molecule has 0 fully saturated rings. The lowest BCUT2D eigenvalue weighted by atomic mass is 10.1. The molecule has 0 bridgehead atoms. The maximum atomic E-state index is 12.0. The van der Waals surface area contributed by atoms with E-state index in [1.54, 1.807) is 36.4 Å². The van der Waals surface area contributed by atoms with Crippen molar-refractivity contribution in [3.05, 3.63) is 63.1 Å². The van der Waals surface area contributed by atoms with Gasteiger partial charge in [-0.15, -0.1) is 0 Å². The lowest BCUT2D eigenvalue weighted by molar-refractivity contribution is 0.104. The van der Waals surface area contributed by atoms with E-state index in [9.17, 15) is 9.90 Å². The number of aromatic hydroxyl groups is 1. The molecule has 0 spiro atoms. The van der Waals surface area contributed by atoms with Crippen molar-refractivity contribution in [2.75, 3.05) is 7.11 Å². The second-order valence-corrected chi connectivity index (χ2v) is 5.54. The quantitative estimate of drug-likeness (QED) is 0.628. The van der Waals surface area contributed by atoms with Crippen LogP contribution in [0.25, 0.3) is 6.08 Å². The van der Waals surface area contributed by atoms with Gasteiger partial charge in [-0.1, -0.05) is 27.5 Å². The molecule has 0 aliphatic heterocycles. The van der Waals surface area contributed by atoms with E-state index in [1.807, 2.05) is 0 Å². The van der Waals surface area contributed by atoms with Gasteiger partial charge in [0.05, 0.1) is 7.11 Å². The van der Waals surface area contributed by atoms with Crippen LogP contribution in [0.5, 0.6) is 11.5 Å². The van der Waals surface area contributed by atoms with Gasteiger partial charge in [0.15, 0.2) is 17.3 Å². The van der Waals surface area contributed by atoms with E-state index in [0.29, 0.717) is 20.8 Å². The third-order valence-electron chi connectivity index (χ3n) is 2.84. The first-order valence-corrected chi connectivity index (χ1v) is 7.23. The number of hydrogen-bond donors (Lipinski definition) is 1. The highest BCUT2D eigenvalue weighted by molar-refractivity contribution is 9.10. The molecule has 0 atom stereocenters. The fourth-order valence-corrected chi connectivity index (χ4v) is 2.32. The summed E-state index contributed by atoms with van der Waals surface area (Å²) in [6, 6.07) is 9.84. The minimum atomic E-state index is -0.134. The largest absolute Gasteiger partial charge is 0.504 e. The first-order valence-electron chi connectivity index (χ1n) is 6.05. The predicted molar refractivity (Wildman–Crippen MR) is 87.2 cm³/mol. The Balaban J connectivity index is 2.24. The van der Waals surface area contributed by atoms with Crippen LogP contribution in [0, 0.1) is 0 Å². The third kappa shape index (κ3) is 3.86. The minimum absolute atomic E-state index is 0.0329. The molecule has 0 radical (unpaired) electrons. The van der Waals surface area contributed by atoms with Gasteiger partial charge in [0.1, 0.15) is 0 Å². The van der Waals surface area contributed by atoms with Crippen molar-refractivity contribution in [3.63, 3.8) is 0 Å². The molecule has 3 nitrogen and oxygen atoms in total. The van der Waals surface area contributed by atoms with Crippen molar-refractivity contribution in [1.29, 1.82) is 0 Å². The summed E-state index contributed by atoms with van der Waals surface area (Å²) in [7, 11) is 1.47. The van der Waals surface area contributed by atoms with Gasteiger partial charge in [-0.05, 0) is 54.1 Å². The number of phenols is 1. The average molecular weight is 368 g/mol. The number of phenolic OH excluding ortho intramolecular Hbond substituents is 1. The van der Waals surface area contributed by atoms with Gasteiger partial charge in [0.25, 0.3) is 0 Å². The van der Waals surface area contributed by atoms with Gasteiger partial charge >= 0.3 is 0 Å². The topological polar surface area (TPSA) is 46.5 Å². The normalized spacial score (nSPS) is 10.8. The molecule has 2 aromatic rings. The van der Waals surface area contributed by atoms with Crippen molar-refractivity contribution in [3.8, 4) is 11.5 Å². The Hall–Kier alpha value is -1.78. The summed E-state index contributed by atoms with van der Waals surface area (Å²) in [5.41, 5.74) is 1.28. The van der Waals surface area contributed by atoms with Crippen LogP contribution >= 0.6 is 27.5 Å². The van der Waals surface area contributed by atoms with Crippen LogP contribution in [0.4, 0.5) is 0 Å². The predicted octanol–water partition coefficient (Wildman–Crippen LogP) is 4.71.